The predicted molar refractivity (Wildman–Crippen MR) is 82.9 cm³/mol. The molecule has 1 aliphatic heterocycles. The second-order valence-corrected chi connectivity index (χ2v) is 5.99. The van der Waals surface area contributed by atoms with Crippen molar-refractivity contribution < 1.29 is 14.3 Å². The van der Waals surface area contributed by atoms with Gasteiger partial charge in [-0.25, -0.2) is 4.39 Å². The summed E-state index contributed by atoms with van der Waals surface area (Å²) in [5.74, 6) is -0.160. The molecule has 0 saturated carbocycles. The van der Waals surface area contributed by atoms with Crippen LogP contribution in [0, 0.1) is 5.82 Å². The second kappa shape index (κ2) is 7.67. The molecule has 1 aromatic rings. The molecule has 1 aliphatic rings. The van der Waals surface area contributed by atoms with Crippen LogP contribution in [0.3, 0.4) is 0 Å². The smallest absolute Gasteiger partial charge is 0.236 e. The van der Waals surface area contributed by atoms with Gasteiger partial charge >= 0.3 is 0 Å². The third-order valence-corrected chi connectivity index (χ3v) is 3.86. The molecule has 1 fully saturated rings. The number of halogens is 1. The van der Waals surface area contributed by atoms with Crippen LogP contribution in [0.15, 0.2) is 24.3 Å². The van der Waals surface area contributed by atoms with Crippen LogP contribution in [0.2, 0.25) is 0 Å². The topological polar surface area (TPSA) is 47.0 Å². The molecule has 1 amide bonds. The molecule has 6 heteroatoms. The van der Waals surface area contributed by atoms with Gasteiger partial charge in [0.2, 0.25) is 5.91 Å². The molecule has 0 radical (unpaired) electrons. The quantitative estimate of drug-likeness (QED) is 0.864. The molecule has 0 aliphatic carbocycles. The molecule has 0 spiro atoms. The van der Waals surface area contributed by atoms with Gasteiger partial charge in [-0.3, -0.25) is 9.69 Å². The fourth-order valence-electron chi connectivity index (χ4n) is 2.59. The minimum atomic E-state index is -0.635. The van der Waals surface area contributed by atoms with E-state index in [2.05, 4.69) is 4.90 Å². The molecule has 1 N–H and O–H groups in total. The van der Waals surface area contributed by atoms with Crippen LogP contribution in [-0.4, -0.2) is 79.1 Å². The summed E-state index contributed by atoms with van der Waals surface area (Å²) in [5, 5.41) is 10.2. The number of likely N-dealkylation sites (N-methyl/N-ethyl adjacent to an activating group) is 1. The lowest BCUT2D eigenvalue weighted by molar-refractivity contribution is -0.133. The van der Waals surface area contributed by atoms with E-state index in [1.54, 1.807) is 12.1 Å². The van der Waals surface area contributed by atoms with Gasteiger partial charge in [-0.15, -0.1) is 0 Å². The molecule has 1 aromatic carbocycles. The van der Waals surface area contributed by atoms with Crippen molar-refractivity contribution in [1.82, 2.24) is 14.7 Å². The van der Waals surface area contributed by atoms with Crippen LogP contribution >= 0.6 is 0 Å². The number of carbonyl (C=O) groups is 1. The van der Waals surface area contributed by atoms with E-state index in [0.29, 0.717) is 31.7 Å². The molecule has 1 atom stereocenters. The maximum atomic E-state index is 12.9. The third-order valence-electron chi connectivity index (χ3n) is 3.86. The van der Waals surface area contributed by atoms with Crippen molar-refractivity contribution in [3.63, 3.8) is 0 Å². The summed E-state index contributed by atoms with van der Waals surface area (Å²) in [6.07, 6.45) is -0.635. The van der Waals surface area contributed by atoms with E-state index in [-0.39, 0.29) is 11.7 Å². The molecule has 0 bridgehead atoms. The molecule has 122 valence electrons. The SMILES string of the molecule is CN(C)CC(=O)N1CCN(C[C@H](O)c2ccc(F)cc2)CC1. The molecule has 0 unspecified atom stereocenters. The Hall–Kier alpha value is -1.50. The van der Waals surface area contributed by atoms with E-state index in [4.69, 9.17) is 0 Å². The summed E-state index contributed by atoms with van der Waals surface area (Å²) in [6, 6.07) is 5.93. The van der Waals surface area contributed by atoms with Gasteiger partial charge in [0.25, 0.3) is 0 Å². The molecular formula is C16H24FN3O2. The van der Waals surface area contributed by atoms with Gasteiger partial charge < -0.3 is 14.9 Å². The van der Waals surface area contributed by atoms with Crippen LogP contribution < -0.4 is 0 Å². The van der Waals surface area contributed by atoms with Crippen molar-refractivity contribution in [2.75, 3.05) is 53.4 Å². The lowest BCUT2D eigenvalue weighted by atomic mass is 10.1. The summed E-state index contributed by atoms with van der Waals surface area (Å²) in [4.78, 5) is 17.8. The average Bonchev–Trinajstić information content (AvgIpc) is 2.48. The highest BCUT2D eigenvalue weighted by Gasteiger charge is 2.23. The number of β-amino-alcohol motifs (C(OH)–C–C–N with tert-alkyl or cyclic N) is 1. The zero-order chi connectivity index (χ0) is 16.1. The van der Waals surface area contributed by atoms with Crippen molar-refractivity contribution in [1.29, 1.82) is 0 Å². The normalized spacial score (nSPS) is 17.8. The number of piperazine rings is 1. The van der Waals surface area contributed by atoms with Crippen molar-refractivity contribution in [3.8, 4) is 0 Å². The first-order chi connectivity index (χ1) is 10.5. The van der Waals surface area contributed by atoms with Crippen molar-refractivity contribution in [2.24, 2.45) is 0 Å². The minimum absolute atomic E-state index is 0.142. The number of hydrogen-bond donors (Lipinski definition) is 1. The summed E-state index contributed by atoms with van der Waals surface area (Å²) < 4.78 is 12.9. The van der Waals surface area contributed by atoms with Gasteiger partial charge in [0, 0.05) is 32.7 Å². The molecular weight excluding hydrogens is 285 g/mol. The summed E-state index contributed by atoms with van der Waals surface area (Å²) in [5.41, 5.74) is 0.715. The minimum Gasteiger partial charge on any atom is -0.387 e. The number of amides is 1. The van der Waals surface area contributed by atoms with Gasteiger partial charge in [0.05, 0.1) is 12.6 Å². The van der Waals surface area contributed by atoms with Crippen LogP contribution in [0.5, 0.6) is 0 Å². The number of aliphatic hydroxyl groups is 1. The van der Waals surface area contributed by atoms with Crippen LogP contribution in [0.4, 0.5) is 4.39 Å². The fraction of sp³-hybridized carbons (Fsp3) is 0.562. The molecule has 22 heavy (non-hydrogen) atoms. The first-order valence-electron chi connectivity index (χ1n) is 7.54. The van der Waals surface area contributed by atoms with Crippen molar-refractivity contribution >= 4 is 5.91 Å². The summed E-state index contributed by atoms with van der Waals surface area (Å²) in [7, 11) is 3.76. The highest BCUT2D eigenvalue weighted by molar-refractivity contribution is 5.78. The van der Waals surface area contributed by atoms with Gasteiger partial charge in [0.1, 0.15) is 5.82 Å². The second-order valence-electron chi connectivity index (χ2n) is 5.99. The zero-order valence-electron chi connectivity index (χ0n) is 13.2. The highest BCUT2D eigenvalue weighted by atomic mass is 19.1. The number of rotatable bonds is 5. The van der Waals surface area contributed by atoms with E-state index in [0.717, 1.165) is 13.1 Å². The number of hydrogen-bond acceptors (Lipinski definition) is 4. The predicted octanol–water partition coefficient (Wildman–Crippen LogP) is 0.565. The van der Waals surface area contributed by atoms with Gasteiger partial charge in [0.15, 0.2) is 0 Å². The van der Waals surface area contributed by atoms with E-state index in [1.165, 1.54) is 12.1 Å². The van der Waals surface area contributed by atoms with E-state index in [1.807, 2.05) is 23.9 Å². The van der Waals surface area contributed by atoms with Crippen LogP contribution in [-0.2, 0) is 4.79 Å². The van der Waals surface area contributed by atoms with Gasteiger partial charge in [-0.05, 0) is 31.8 Å². The largest absolute Gasteiger partial charge is 0.387 e. The first-order valence-corrected chi connectivity index (χ1v) is 7.54. The highest BCUT2D eigenvalue weighted by Crippen LogP contribution is 2.16. The van der Waals surface area contributed by atoms with Crippen LogP contribution in [0.25, 0.3) is 0 Å². The fourth-order valence-corrected chi connectivity index (χ4v) is 2.59. The third kappa shape index (κ3) is 4.76. The Kier molecular flexibility index (Phi) is 5.88. The Balaban J connectivity index is 1.79. The van der Waals surface area contributed by atoms with E-state index < -0.39 is 6.10 Å². The Bertz CT molecular complexity index is 485. The summed E-state index contributed by atoms with van der Waals surface area (Å²) >= 11 is 0. The maximum absolute atomic E-state index is 12.9. The Morgan fingerprint density at radius 2 is 1.82 bits per heavy atom. The van der Waals surface area contributed by atoms with Crippen molar-refractivity contribution in [2.45, 2.75) is 6.10 Å². The monoisotopic (exact) mass is 309 g/mol. The Morgan fingerprint density at radius 1 is 1.23 bits per heavy atom. The Morgan fingerprint density at radius 3 is 2.36 bits per heavy atom. The maximum Gasteiger partial charge on any atom is 0.236 e. The zero-order valence-corrected chi connectivity index (χ0v) is 13.2. The molecule has 2 rings (SSSR count). The first kappa shape index (κ1) is 16.9. The molecule has 0 aromatic heterocycles. The number of nitrogens with zero attached hydrogens (tertiary/aromatic N) is 3. The molecule has 1 saturated heterocycles. The summed E-state index contributed by atoms with van der Waals surface area (Å²) in [6.45, 7) is 3.79. The molecule has 1 heterocycles. The number of carbonyl (C=O) groups excluding carboxylic acids is 1. The average molecular weight is 309 g/mol. The lowest BCUT2D eigenvalue weighted by Crippen LogP contribution is -2.51. The standard InChI is InChI=1S/C16H24FN3O2/c1-18(2)12-16(22)20-9-7-19(8-10-20)11-15(21)13-3-5-14(17)6-4-13/h3-6,15,21H,7-12H2,1-2H3/t15-/m0/s1. The number of benzene rings is 1. The Labute approximate surface area is 130 Å². The van der Waals surface area contributed by atoms with Crippen molar-refractivity contribution in [3.05, 3.63) is 35.6 Å². The van der Waals surface area contributed by atoms with E-state index >= 15 is 0 Å². The van der Waals surface area contributed by atoms with Gasteiger partial charge in [-0.2, -0.15) is 0 Å². The number of aliphatic hydroxyl groups excluding tert-OH is 1. The lowest BCUT2D eigenvalue weighted by Gasteiger charge is -2.36. The van der Waals surface area contributed by atoms with Crippen LogP contribution in [0.1, 0.15) is 11.7 Å². The van der Waals surface area contributed by atoms with E-state index in [9.17, 15) is 14.3 Å². The van der Waals surface area contributed by atoms with Gasteiger partial charge in [-0.1, -0.05) is 12.1 Å². The molecule has 5 nitrogen and oxygen atoms in total.